The Hall–Kier alpha value is -0.860. The molecule has 0 unspecified atom stereocenters. The molecular weight excluding hydrogens is 260 g/mol. The second-order valence-corrected chi connectivity index (χ2v) is 4.96. The minimum Gasteiger partial charge on any atom is -0.235 e. The molecule has 0 N–H and O–H groups in total. The minimum atomic E-state index is -0.269. The molecule has 0 saturated carbocycles. The summed E-state index contributed by atoms with van der Waals surface area (Å²) in [6.45, 7) is 3.68. The van der Waals surface area contributed by atoms with Gasteiger partial charge < -0.3 is 0 Å². The van der Waals surface area contributed by atoms with Gasteiger partial charge in [0.15, 0.2) is 0 Å². The van der Waals surface area contributed by atoms with E-state index in [0.29, 0.717) is 16.3 Å². The first-order valence-electron chi connectivity index (χ1n) is 5.38. The molecule has 0 fully saturated rings. The lowest BCUT2D eigenvalue weighted by molar-refractivity contribution is 0.618. The van der Waals surface area contributed by atoms with Crippen molar-refractivity contribution in [1.82, 2.24) is 0 Å². The monoisotopic (exact) mass is 271 g/mol. The van der Waals surface area contributed by atoms with E-state index in [0.717, 1.165) is 24.0 Å². The fourth-order valence-corrected chi connectivity index (χ4v) is 2.19. The number of fused-ring (bicyclic) bond motifs is 1. The standard InChI is InChI=1S/C13H12Cl2FN/c1-7-3-4-9-5-8(2)10(16)6-11(9)17-13(15)12(7)14/h5-6H,3-4H2,1-2H3. The van der Waals surface area contributed by atoms with E-state index in [1.165, 1.54) is 6.07 Å². The lowest BCUT2D eigenvalue weighted by Crippen LogP contribution is -2.00. The highest BCUT2D eigenvalue weighted by Gasteiger charge is 2.14. The van der Waals surface area contributed by atoms with Crippen LogP contribution in [0.4, 0.5) is 10.1 Å². The number of hydrogen-bond acceptors (Lipinski definition) is 1. The molecule has 1 aliphatic heterocycles. The van der Waals surface area contributed by atoms with Crippen LogP contribution in [0.15, 0.2) is 27.7 Å². The summed E-state index contributed by atoms with van der Waals surface area (Å²) in [7, 11) is 0. The van der Waals surface area contributed by atoms with E-state index in [1.807, 2.05) is 13.0 Å². The number of aryl methyl sites for hydroxylation is 2. The number of aliphatic imine (C=N–C) groups is 1. The zero-order valence-corrected chi connectivity index (χ0v) is 11.2. The fourth-order valence-electron chi connectivity index (χ4n) is 1.80. The predicted octanol–water partition coefficient (Wildman–Crippen LogP) is 4.86. The van der Waals surface area contributed by atoms with Gasteiger partial charge in [0, 0.05) is 6.07 Å². The summed E-state index contributed by atoms with van der Waals surface area (Å²) in [6, 6.07) is 3.24. The van der Waals surface area contributed by atoms with Crippen LogP contribution in [0.3, 0.4) is 0 Å². The molecule has 0 radical (unpaired) electrons. The topological polar surface area (TPSA) is 12.4 Å². The lowest BCUT2D eigenvalue weighted by atomic mass is 10.0. The molecule has 0 aromatic heterocycles. The van der Waals surface area contributed by atoms with Gasteiger partial charge in [0.1, 0.15) is 11.0 Å². The third kappa shape index (κ3) is 2.53. The van der Waals surface area contributed by atoms with Crippen LogP contribution in [-0.2, 0) is 6.42 Å². The van der Waals surface area contributed by atoms with Gasteiger partial charge in [-0.05, 0) is 37.8 Å². The van der Waals surface area contributed by atoms with E-state index >= 15 is 0 Å². The van der Waals surface area contributed by atoms with E-state index < -0.39 is 0 Å². The first kappa shape index (κ1) is 12.6. The minimum absolute atomic E-state index is 0.230. The number of benzene rings is 1. The van der Waals surface area contributed by atoms with Gasteiger partial charge in [-0.3, -0.25) is 0 Å². The first-order chi connectivity index (χ1) is 7.99. The molecule has 0 bridgehead atoms. The molecule has 0 saturated heterocycles. The summed E-state index contributed by atoms with van der Waals surface area (Å²) in [6.07, 6.45) is 1.61. The van der Waals surface area contributed by atoms with Crippen molar-refractivity contribution in [2.24, 2.45) is 4.99 Å². The molecule has 0 atom stereocenters. The van der Waals surface area contributed by atoms with Crippen molar-refractivity contribution in [3.05, 3.63) is 39.7 Å². The maximum atomic E-state index is 13.5. The molecule has 0 amide bonds. The Morgan fingerprint density at radius 2 is 1.88 bits per heavy atom. The second-order valence-electron chi connectivity index (χ2n) is 4.23. The summed E-state index contributed by atoms with van der Waals surface area (Å²) >= 11 is 12.1. The third-order valence-corrected chi connectivity index (χ3v) is 3.78. The highest BCUT2D eigenvalue weighted by atomic mass is 35.5. The number of allylic oxidation sites excluding steroid dienone is 2. The normalized spacial score (nSPS) is 16.2. The number of halogens is 3. The molecule has 2 rings (SSSR count). The Balaban J connectivity index is 2.58. The first-order valence-corrected chi connectivity index (χ1v) is 6.13. The molecule has 1 aromatic rings. The van der Waals surface area contributed by atoms with Crippen molar-refractivity contribution in [3.8, 4) is 0 Å². The van der Waals surface area contributed by atoms with Gasteiger partial charge in [-0.25, -0.2) is 9.38 Å². The van der Waals surface area contributed by atoms with Crippen LogP contribution < -0.4 is 0 Å². The molecule has 0 aliphatic carbocycles. The molecule has 4 heteroatoms. The largest absolute Gasteiger partial charge is 0.235 e. The van der Waals surface area contributed by atoms with Crippen molar-refractivity contribution in [2.45, 2.75) is 26.7 Å². The summed E-state index contributed by atoms with van der Waals surface area (Å²) < 4.78 is 13.5. The summed E-state index contributed by atoms with van der Waals surface area (Å²) in [5, 5.41) is 0.701. The van der Waals surface area contributed by atoms with Crippen molar-refractivity contribution in [2.75, 3.05) is 0 Å². The average molecular weight is 272 g/mol. The predicted molar refractivity (Wildman–Crippen MR) is 71.0 cm³/mol. The zero-order chi connectivity index (χ0) is 12.6. The average Bonchev–Trinajstić information content (AvgIpc) is 2.29. The van der Waals surface area contributed by atoms with Crippen LogP contribution >= 0.6 is 23.2 Å². The molecular formula is C13H12Cl2FN. The van der Waals surface area contributed by atoms with Crippen LogP contribution in [-0.4, -0.2) is 5.17 Å². The molecule has 90 valence electrons. The lowest BCUT2D eigenvalue weighted by Gasteiger charge is -2.13. The van der Waals surface area contributed by atoms with E-state index in [-0.39, 0.29) is 11.0 Å². The second kappa shape index (κ2) is 4.79. The van der Waals surface area contributed by atoms with Crippen molar-refractivity contribution >= 4 is 34.1 Å². The Kier molecular flexibility index (Phi) is 3.55. The van der Waals surface area contributed by atoms with E-state index in [4.69, 9.17) is 23.2 Å². The third-order valence-electron chi connectivity index (χ3n) is 2.90. The molecule has 0 spiro atoms. The van der Waals surface area contributed by atoms with Crippen molar-refractivity contribution < 1.29 is 4.39 Å². The molecule has 1 nitrogen and oxygen atoms in total. The van der Waals surface area contributed by atoms with Gasteiger partial charge in [-0.2, -0.15) is 0 Å². The van der Waals surface area contributed by atoms with Gasteiger partial charge in [-0.15, -0.1) is 0 Å². The highest BCUT2D eigenvalue weighted by Crippen LogP contribution is 2.31. The van der Waals surface area contributed by atoms with Crippen LogP contribution in [0.2, 0.25) is 0 Å². The van der Waals surface area contributed by atoms with E-state index in [1.54, 1.807) is 6.92 Å². The Morgan fingerprint density at radius 1 is 1.18 bits per heavy atom. The zero-order valence-electron chi connectivity index (χ0n) is 9.65. The Bertz CT molecular complexity index is 532. The van der Waals surface area contributed by atoms with Gasteiger partial charge >= 0.3 is 0 Å². The van der Waals surface area contributed by atoms with Crippen LogP contribution in [0.5, 0.6) is 0 Å². The molecule has 1 aromatic carbocycles. The van der Waals surface area contributed by atoms with Crippen LogP contribution in [0.25, 0.3) is 0 Å². The van der Waals surface area contributed by atoms with Crippen molar-refractivity contribution in [3.63, 3.8) is 0 Å². The van der Waals surface area contributed by atoms with E-state index in [2.05, 4.69) is 4.99 Å². The maximum absolute atomic E-state index is 13.5. The SMILES string of the molecule is CC1=C(Cl)C(Cl)=Nc2cc(F)c(C)cc2CC1. The number of hydrogen-bond donors (Lipinski definition) is 0. The molecule has 1 aliphatic rings. The number of rotatable bonds is 0. The van der Waals surface area contributed by atoms with Gasteiger partial charge in [0.05, 0.1) is 10.7 Å². The summed E-state index contributed by atoms with van der Waals surface area (Å²) in [5.41, 5.74) is 3.21. The molecule has 1 heterocycles. The van der Waals surface area contributed by atoms with Crippen LogP contribution in [0, 0.1) is 12.7 Å². The fraction of sp³-hybridized carbons (Fsp3) is 0.308. The van der Waals surface area contributed by atoms with Gasteiger partial charge in [-0.1, -0.05) is 34.8 Å². The molecule has 17 heavy (non-hydrogen) atoms. The Morgan fingerprint density at radius 3 is 2.59 bits per heavy atom. The van der Waals surface area contributed by atoms with Gasteiger partial charge in [0.25, 0.3) is 0 Å². The number of nitrogens with zero attached hydrogens (tertiary/aromatic N) is 1. The maximum Gasteiger partial charge on any atom is 0.148 e. The summed E-state index contributed by atoms with van der Waals surface area (Å²) in [5.74, 6) is -0.269. The van der Waals surface area contributed by atoms with Gasteiger partial charge in [0.2, 0.25) is 0 Å². The van der Waals surface area contributed by atoms with Crippen LogP contribution in [0.1, 0.15) is 24.5 Å². The smallest absolute Gasteiger partial charge is 0.148 e. The quantitative estimate of drug-likeness (QED) is 0.639. The van der Waals surface area contributed by atoms with E-state index in [9.17, 15) is 4.39 Å². The summed E-state index contributed by atoms with van der Waals surface area (Å²) in [4.78, 5) is 4.19. The van der Waals surface area contributed by atoms with Crippen molar-refractivity contribution in [1.29, 1.82) is 0 Å². The highest BCUT2D eigenvalue weighted by molar-refractivity contribution is 6.76. The Labute approximate surface area is 110 Å².